The maximum atomic E-state index is 12.4. The van der Waals surface area contributed by atoms with Gasteiger partial charge in [0.05, 0.1) is 22.8 Å². The lowest BCUT2D eigenvalue weighted by molar-refractivity contribution is -0.126. The van der Waals surface area contributed by atoms with Gasteiger partial charge in [-0.05, 0) is 35.9 Å². The highest BCUT2D eigenvalue weighted by Crippen LogP contribution is 2.28. The smallest absolute Gasteiger partial charge is 0.246 e. The molecule has 1 aliphatic heterocycles. The average molecular weight is 391 g/mol. The minimum Gasteiger partial charge on any atom is -0.495 e. The molecule has 1 saturated heterocycles. The largest absolute Gasteiger partial charge is 0.495 e. The van der Waals surface area contributed by atoms with E-state index in [1.54, 1.807) is 31.4 Å². The number of benzene rings is 2. The Labute approximate surface area is 163 Å². The number of anilines is 1. The molecule has 1 aliphatic rings. The van der Waals surface area contributed by atoms with Crippen molar-refractivity contribution >= 4 is 40.9 Å². The van der Waals surface area contributed by atoms with Gasteiger partial charge in [-0.25, -0.2) is 0 Å². The van der Waals surface area contributed by atoms with Gasteiger partial charge in [0.2, 0.25) is 5.91 Å². The van der Waals surface area contributed by atoms with Crippen LogP contribution in [0.25, 0.3) is 6.08 Å². The van der Waals surface area contributed by atoms with Gasteiger partial charge in [0.25, 0.3) is 0 Å². The van der Waals surface area contributed by atoms with Crippen LogP contribution in [-0.2, 0) is 4.79 Å². The maximum Gasteiger partial charge on any atom is 0.246 e. The van der Waals surface area contributed by atoms with Crippen molar-refractivity contribution in [2.45, 2.75) is 0 Å². The topological polar surface area (TPSA) is 32.8 Å². The van der Waals surface area contributed by atoms with Gasteiger partial charge in [-0.3, -0.25) is 4.79 Å². The first kappa shape index (κ1) is 18.6. The average Bonchev–Trinajstić information content (AvgIpc) is 2.68. The van der Waals surface area contributed by atoms with Crippen molar-refractivity contribution in [3.63, 3.8) is 0 Å². The number of carbonyl (C=O) groups is 1. The summed E-state index contributed by atoms with van der Waals surface area (Å²) >= 11 is 11.9. The molecule has 136 valence electrons. The molecule has 0 unspecified atom stereocenters. The van der Waals surface area contributed by atoms with Crippen molar-refractivity contribution in [2.75, 3.05) is 38.2 Å². The number of methoxy groups -OCH3 is 1. The van der Waals surface area contributed by atoms with E-state index < -0.39 is 0 Å². The van der Waals surface area contributed by atoms with Gasteiger partial charge >= 0.3 is 0 Å². The third-order valence-electron chi connectivity index (χ3n) is 4.38. The molecular formula is C20H20Cl2N2O2. The SMILES string of the molecule is COc1ccccc1N1CCN(C(=O)C=Cc2ccc(Cl)c(Cl)c2)CC1. The van der Waals surface area contributed by atoms with E-state index in [1.165, 1.54) is 0 Å². The van der Waals surface area contributed by atoms with Crippen LogP contribution < -0.4 is 9.64 Å². The first-order valence-electron chi connectivity index (χ1n) is 8.38. The summed E-state index contributed by atoms with van der Waals surface area (Å²) in [7, 11) is 1.67. The van der Waals surface area contributed by atoms with E-state index in [2.05, 4.69) is 4.90 Å². The van der Waals surface area contributed by atoms with Crippen LogP contribution >= 0.6 is 23.2 Å². The molecule has 0 spiro atoms. The van der Waals surface area contributed by atoms with E-state index in [4.69, 9.17) is 27.9 Å². The molecule has 6 heteroatoms. The lowest BCUT2D eigenvalue weighted by atomic mass is 10.2. The second-order valence-corrected chi connectivity index (χ2v) is 6.81. The fraction of sp³-hybridized carbons (Fsp3) is 0.250. The highest BCUT2D eigenvalue weighted by molar-refractivity contribution is 6.42. The van der Waals surface area contributed by atoms with Gasteiger partial charge in [0.1, 0.15) is 5.75 Å². The number of ether oxygens (including phenoxy) is 1. The Morgan fingerprint density at radius 3 is 2.46 bits per heavy atom. The van der Waals surface area contributed by atoms with Crippen LogP contribution in [0.15, 0.2) is 48.5 Å². The van der Waals surface area contributed by atoms with Crippen molar-refractivity contribution in [3.05, 3.63) is 64.1 Å². The molecule has 1 fully saturated rings. The summed E-state index contributed by atoms with van der Waals surface area (Å²) in [6, 6.07) is 13.2. The van der Waals surface area contributed by atoms with E-state index in [-0.39, 0.29) is 5.91 Å². The van der Waals surface area contributed by atoms with Gasteiger partial charge in [-0.1, -0.05) is 41.4 Å². The number of hydrogen-bond donors (Lipinski definition) is 0. The molecule has 1 heterocycles. The van der Waals surface area contributed by atoms with E-state index in [9.17, 15) is 4.79 Å². The van der Waals surface area contributed by atoms with Crippen molar-refractivity contribution in [3.8, 4) is 5.75 Å². The fourth-order valence-electron chi connectivity index (χ4n) is 2.95. The van der Waals surface area contributed by atoms with E-state index in [0.717, 1.165) is 30.1 Å². The summed E-state index contributed by atoms with van der Waals surface area (Å²) in [5.74, 6) is 0.850. The van der Waals surface area contributed by atoms with E-state index >= 15 is 0 Å². The number of carbonyl (C=O) groups excluding carboxylic acids is 1. The van der Waals surface area contributed by atoms with Crippen LogP contribution in [0, 0.1) is 0 Å². The molecule has 2 aromatic carbocycles. The summed E-state index contributed by atoms with van der Waals surface area (Å²) in [6.45, 7) is 2.88. The van der Waals surface area contributed by atoms with Crippen LogP contribution in [0.5, 0.6) is 5.75 Å². The third kappa shape index (κ3) is 4.32. The standard InChI is InChI=1S/C20H20Cl2N2O2/c1-26-19-5-3-2-4-18(19)23-10-12-24(13-11-23)20(25)9-7-15-6-8-16(21)17(22)14-15/h2-9,14H,10-13H2,1H3. The third-order valence-corrected chi connectivity index (χ3v) is 5.12. The first-order valence-corrected chi connectivity index (χ1v) is 9.14. The molecule has 2 aromatic rings. The molecule has 0 saturated carbocycles. The molecule has 1 amide bonds. The zero-order valence-corrected chi connectivity index (χ0v) is 16.0. The quantitative estimate of drug-likeness (QED) is 0.726. The van der Waals surface area contributed by atoms with Crippen molar-refractivity contribution in [1.29, 1.82) is 0 Å². The van der Waals surface area contributed by atoms with Gasteiger partial charge in [0, 0.05) is 32.3 Å². The number of halogens is 2. The second-order valence-electron chi connectivity index (χ2n) is 5.99. The van der Waals surface area contributed by atoms with Gasteiger partial charge in [-0.2, -0.15) is 0 Å². The van der Waals surface area contributed by atoms with Crippen LogP contribution in [-0.4, -0.2) is 44.1 Å². The first-order chi connectivity index (χ1) is 12.6. The van der Waals surface area contributed by atoms with E-state index in [1.807, 2.05) is 35.2 Å². The Bertz CT molecular complexity index is 815. The zero-order chi connectivity index (χ0) is 18.5. The molecule has 0 aromatic heterocycles. The Hall–Kier alpha value is -2.17. The van der Waals surface area contributed by atoms with Crippen molar-refractivity contribution < 1.29 is 9.53 Å². The maximum absolute atomic E-state index is 12.4. The molecular weight excluding hydrogens is 371 g/mol. The second kappa shape index (κ2) is 8.47. The summed E-state index contributed by atoms with van der Waals surface area (Å²) in [5.41, 5.74) is 1.91. The highest BCUT2D eigenvalue weighted by atomic mass is 35.5. The Morgan fingerprint density at radius 2 is 1.77 bits per heavy atom. The summed E-state index contributed by atoms with van der Waals surface area (Å²) in [5, 5.41) is 0.981. The van der Waals surface area contributed by atoms with E-state index in [0.29, 0.717) is 23.1 Å². The zero-order valence-electron chi connectivity index (χ0n) is 14.5. The molecule has 26 heavy (non-hydrogen) atoms. The van der Waals surface area contributed by atoms with Crippen LogP contribution in [0.3, 0.4) is 0 Å². The molecule has 4 nitrogen and oxygen atoms in total. The Morgan fingerprint density at radius 1 is 1.04 bits per heavy atom. The summed E-state index contributed by atoms with van der Waals surface area (Å²) in [6.07, 6.45) is 3.34. The predicted octanol–water partition coefficient (Wildman–Crippen LogP) is 4.36. The normalized spacial score (nSPS) is 14.7. The van der Waals surface area contributed by atoms with Gasteiger partial charge in [-0.15, -0.1) is 0 Å². The predicted molar refractivity (Wildman–Crippen MR) is 107 cm³/mol. The van der Waals surface area contributed by atoms with Crippen LogP contribution in [0.4, 0.5) is 5.69 Å². The highest BCUT2D eigenvalue weighted by Gasteiger charge is 2.21. The lowest BCUT2D eigenvalue weighted by Gasteiger charge is -2.36. The number of hydrogen-bond acceptors (Lipinski definition) is 3. The van der Waals surface area contributed by atoms with Crippen LogP contribution in [0.2, 0.25) is 10.0 Å². The molecule has 0 N–H and O–H groups in total. The molecule has 0 aliphatic carbocycles. The number of nitrogens with zero attached hydrogens (tertiary/aromatic N) is 2. The van der Waals surface area contributed by atoms with Crippen molar-refractivity contribution in [1.82, 2.24) is 4.90 Å². The van der Waals surface area contributed by atoms with Gasteiger partial charge in [0.15, 0.2) is 0 Å². The van der Waals surface area contributed by atoms with Gasteiger partial charge < -0.3 is 14.5 Å². The molecule has 3 rings (SSSR count). The molecule has 0 radical (unpaired) electrons. The Kier molecular flexibility index (Phi) is 6.07. The van der Waals surface area contributed by atoms with Crippen molar-refractivity contribution in [2.24, 2.45) is 0 Å². The van der Waals surface area contributed by atoms with Crippen LogP contribution in [0.1, 0.15) is 5.56 Å². The monoisotopic (exact) mass is 390 g/mol. The summed E-state index contributed by atoms with van der Waals surface area (Å²) in [4.78, 5) is 16.5. The molecule has 0 atom stereocenters. The number of amides is 1. The molecule has 0 bridgehead atoms. The minimum absolute atomic E-state index is 0.00394. The fourth-order valence-corrected chi connectivity index (χ4v) is 3.25. The number of rotatable bonds is 4. The summed E-state index contributed by atoms with van der Waals surface area (Å²) < 4.78 is 5.42. The Balaban J connectivity index is 1.59. The number of piperazine rings is 1. The lowest BCUT2D eigenvalue weighted by Crippen LogP contribution is -2.48. The minimum atomic E-state index is -0.00394. The number of para-hydroxylation sites is 2.